The maximum Gasteiger partial charge on any atom is 0.155 e. The van der Waals surface area contributed by atoms with Gasteiger partial charge in [-0.3, -0.25) is 4.79 Å². The zero-order chi connectivity index (χ0) is 7.56. The Hall–Kier alpha value is -0.890. The van der Waals surface area contributed by atoms with Gasteiger partial charge in [-0.05, 0) is 6.92 Å². The lowest BCUT2D eigenvalue weighted by molar-refractivity contribution is -0.109. The highest BCUT2D eigenvalue weighted by Gasteiger charge is 1.99. The Morgan fingerprint density at radius 3 is 3.00 bits per heavy atom. The van der Waals surface area contributed by atoms with Crippen molar-refractivity contribution in [2.24, 2.45) is 0 Å². The highest BCUT2D eigenvalue weighted by atomic mass is 31.1. The molecule has 1 rings (SSSR count). The molecule has 4 nitrogen and oxygen atoms in total. The average Bonchev–Trinajstić information content (AvgIpc) is 2.13. The smallest absolute Gasteiger partial charge is 0.155 e. The molecule has 54 valence electrons. The van der Waals surface area contributed by atoms with Crippen LogP contribution in [0.2, 0.25) is 0 Å². The van der Waals surface area contributed by atoms with E-state index in [0.717, 1.165) is 0 Å². The molecule has 0 aliphatic rings. The number of imidazole rings is 1. The standard InChI is InChI=1S/C5H8N3OP/c1-3(9)10-5-7-2-4(6)8-5/h2,10H,6H2,1H3,(H,7,8). The van der Waals surface area contributed by atoms with E-state index < -0.39 is 0 Å². The number of rotatable bonds is 2. The molecule has 0 saturated heterocycles. The van der Waals surface area contributed by atoms with Crippen LogP contribution in [0.25, 0.3) is 0 Å². The molecule has 0 saturated carbocycles. The van der Waals surface area contributed by atoms with Crippen molar-refractivity contribution >= 4 is 25.5 Å². The van der Waals surface area contributed by atoms with E-state index in [4.69, 9.17) is 5.73 Å². The lowest BCUT2D eigenvalue weighted by Gasteiger charge is -1.87. The third-order valence-corrected chi connectivity index (χ3v) is 1.73. The van der Waals surface area contributed by atoms with Crippen LogP contribution in [0.3, 0.4) is 0 Å². The van der Waals surface area contributed by atoms with Gasteiger partial charge in [-0.25, -0.2) is 4.98 Å². The number of hydrogen-bond donors (Lipinski definition) is 2. The number of aromatic nitrogens is 2. The van der Waals surface area contributed by atoms with Gasteiger partial charge in [0.15, 0.2) is 5.52 Å². The molecular weight excluding hydrogens is 149 g/mol. The van der Waals surface area contributed by atoms with Crippen molar-refractivity contribution in [2.75, 3.05) is 5.73 Å². The normalized spacial score (nSPS) is 10.9. The van der Waals surface area contributed by atoms with Crippen LogP contribution in [0.4, 0.5) is 5.82 Å². The molecule has 0 aromatic carbocycles. The summed E-state index contributed by atoms with van der Waals surface area (Å²) in [5, 5.41) is 0. The van der Waals surface area contributed by atoms with Crippen molar-refractivity contribution in [3.63, 3.8) is 0 Å². The highest BCUT2D eigenvalue weighted by Crippen LogP contribution is 2.07. The first-order valence-corrected chi connectivity index (χ1v) is 3.76. The minimum atomic E-state index is 0.0962. The second kappa shape index (κ2) is 2.80. The topological polar surface area (TPSA) is 71.8 Å². The van der Waals surface area contributed by atoms with Gasteiger partial charge in [0, 0.05) is 8.58 Å². The zero-order valence-electron chi connectivity index (χ0n) is 5.51. The highest BCUT2D eigenvalue weighted by molar-refractivity contribution is 7.64. The summed E-state index contributed by atoms with van der Waals surface area (Å²) in [4.78, 5) is 17.2. The summed E-state index contributed by atoms with van der Waals surface area (Å²) >= 11 is 0. The van der Waals surface area contributed by atoms with Gasteiger partial charge in [0.2, 0.25) is 0 Å². The quantitative estimate of drug-likeness (QED) is 0.586. The van der Waals surface area contributed by atoms with E-state index in [-0.39, 0.29) is 14.1 Å². The number of nitrogens with zero attached hydrogens (tertiary/aromatic N) is 1. The van der Waals surface area contributed by atoms with Gasteiger partial charge in [0.1, 0.15) is 11.4 Å². The Kier molecular flexibility index (Phi) is 2.02. The SMILES string of the molecule is CC(=O)Pc1ncc(N)[nH]1. The van der Waals surface area contributed by atoms with Crippen molar-refractivity contribution in [2.45, 2.75) is 6.92 Å². The molecule has 0 bridgehead atoms. The van der Waals surface area contributed by atoms with Gasteiger partial charge in [-0.15, -0.1) is 0 Å². The van der Waals surface area contributed by atoms with Crippen LogP contribution < -0.4 is 11.3 Å². The second-order valence-electron chi connectivity index (χ2n) is 1.87. The summed E-state index contributed by atoms with van der Waals surface area (Å²) in [7, 11) is 0.0962. The maximum atomic E-state index is 10.5. The van der Waals surface area contributed by atoms with Crippen LogP contribution in [-0.2, 0) is 4.79 Å². The number of nitrogen functional groups attached to an aromatic ring is 1. The molecule has 1 atom stereocenters. The largest absolute Gasteiger partial charge is 0.384 e. The minimum absolute atomic E-state index is 0.0962. The Morgan fingerprint density at radius 2 is 2.60 bits per heavy atom. The number of anilines is 1. The van der Waals surface area contributed by atoms with Gasteiger partial charge in [-0.2, -0.15) is 0 Å². The average molecular weight is 157 g/mol. The third kappa shape index (κ3) is 1.81. The molecule has 3 N–H and O–H groups in total. The first-order valence-electron chi connectivity index (χ1n) is 2.76. The van der Waals surface area contributed by atoms with Crippen LogP contribution in [0.5, 0.6) is 0 Å². The van der Waals surface area contributed by atoms with E-state index in [2.05, 4.69) is 9.97 Å². The van der Waals surface area contributed by atoms with Crippen LogP contribution in [0, 0.1) is 0 Å². The lowest BCUT2D eigenvalue weighted by atomic mass is 10.8. The number of carbonyl (C=O) groups is 1. The number of H-pyrrole nitrogens is 1. The summed E-state index contributed by atoms with van der Waals surface area (Å²) in [6.07, 6.45) is 1.51. The van der Waals surface area contributed by atoms with Gasteiger partial charge < -0.3 is 10.7 Å². The minimum Gasteiger partial charge on any atom is -0.384 e. The number of hydrogen-bond acceptors (Lipinski definition) is 3. The number of carbonyl (C=O) groups excluding carboxylic acids is 1. The van der Waals surface area contributed by atoms with Crippen LogP contribution in [0.15, 0.2) is 6.20 Å². The second-order valence-corrected chi connectivity index (χ2v) is 3.30. The fraction of sp³-hybridized carbons (Fsp3) is 0.200. The molecule has 10 heavy (non-hydrogen) atoms. The Morgan fingerprint density at radius 1 is 1.90 bits per heavy atom. The van der Waals surface area contributed by atoms with E-state index in [9.17, 15) is 4.79 Å². The number of nitrogens with two attached hydrogens (primary N) is 1. The summed E-state index contributed by atoms with van der Waals surface area (Å²) < 4.78 is 0. The summed E-state index contributed by atoms with van der Waals surface area (Å²) in [5.41, 5.74) is 6.09. The van der Waals surface area contributed by atoms with Crippen molar-refractivity contribution in [1.29, 1.82) is 0 Å². The fourth-order valence-corrected chi connectivity index (χ4v) is 1.24. The third-order valence-electron chi connectivity index (χ3n) is 0.890. The molecular formula is C5H8N3OP. The molecule has 0 fully saturated rings. The van der Waals surface area contributed by atoms with Crippen molar-refractivity contribution in [3.8, 4) is 0 Å². The molecule has 1 unspecified atom stereocenters. The van der Waals surface area contributed by atoms with E-state index >= 15 is 0 Å². The first kappa shape index (κ1) is 7.22. The molecule has 5 heteroatoms. The van der Waals surface area contributed by atoms with Crippen LogP contribution in [-0.4, -0.2) is 15.5 Å². The van der Waals surface area contributed by atoms with Crippen LogP contribution >= 0.6 is 8.58 Å². The van der Waals surface area contributed by atoms with E-state index in [1.54, 1.807) is 0 Å². The molecule has 1 aromatic heterocycles. The predicted molar refractivity (Wildman–Crippen MR) is 41.6 cm³/mol. The van der Waals surface area contributed by atoms with Gasteiger partial charge in [-0.1, -0.05) is 0 Å². The Balaban J connectivity index is 2.67. The Bertz CT molecular complexity index is 245. The first-order chi connectivity index (χ1) is 4.68. The van der Waals surface area contributed by atoms with Gasteiger partial charge in [0.05, 0.1) is 6.20 Å². The summed E-state index contributed by atoms with van der Waals surface area (Å²) in [5.74, 6) is 0.503. The van der Waals surface area contributed by atoms with Crippen molar-refractivity contribution in [3.05, 3.63) is 6.20 Å². The van der Waals surface area contributed by atoms with Crippen molar-refractivity contribution in [1.82, 2.24) is 9.97 Å². The summed E-state index contributed by atoms with van der Waals surface area (Å²) in [6.45, 7) is 1.52. The molecule has 0 amide bonds. The number of nitrogens with one attached hydrogen (secondary N) is 1. The Labute approximate surface area is 60.0 Å². The monoisotopic (exact) mass is 157 g/mol. The maximum absolute atomic E-state index is 10.5. The zero-order valence-corrected chi connectivity index (χ0v) is 6.51. The fourth-order valence-electron chi connectivity index (χ4n) is 0.566. The number of aromatic amines is 1. The summed E-state index contributed by atoms with van der Waals surface area (Å²) in [6, 6.07) is 0. The molecule has 0 radical (unpaired) electrons. The predicted octanol–water partition coefficient (Wildman–Crippen LogP) is -0.158. The van der Waals surface area contributed by atoms with E-state index in [1.807, 2.05) is 0 Å². The lowest BCUT2D eigenvalue weighted by Crippen LogP contribution is -2.01. The molecule has 0 aliphatic carbocycles. The molecule has 0 aliphatic heterocycles. The van der Waals surface area contributed by atoms with Crippen LogP contribution in [0.1, 0.15) is 6.92 Å². The van der Waals surface area contributed by atoms with Gasteiger partial charge in [0.25, 0.3) is 0 Å². The van der Waals surface area contributed by atoms with E-state index in [1.165, 1.54) is 13.1 Å². The van der Waals surface area contributed by atoms with E-state index in [0.29, 0.717) is 11.4 Å². The van der Waals surface area contributed by atoms with Crippen molar-refractivity contribution < 1.29 is 4.79 Å². The molecule has 0 spiro atoms. The van der Waals surface area contributed by atoms with Gasteiger partial charge >= 0.3 is 0 Å². The molecule has 1 aromatic rings. The molecule has 1 heterocycles.